The summed E-state index contributed by atoms with van der Waals surface area (Å²) >= 11 is 12.1. The minimum atomic E-state index is -0.223. The van der Waals surface area contributed by atoms with Gasteiger partial charge in [-0.2, -0.15) is 0 Å². The predicted octanol–water partition coefficient (Wildman–Crippen LogP) is 4.05. The number of carbonyl (C=O) groups is 2. The minimum absolute atomic E-state index is 0.0355. The zero-order valence-corrected chi connectivity index (χ0v) is 14.4. The highest BCUT2D eigenvalue weighted by molar-refractivity contribution is 6.34. The van der Waals surface area contributed by atoms with Crippen LogP contribution >= 0.6 is 23.2 Å². The number of nitrogens with one attached hydrogen (secondary N) is 1. The van der Waals surface area contributed by atoms with Crippen LogP contribution in [0.4, 0.5) is 5.69 Å². The molecule has 0 spiro atoms. The number of nitrogens with zero attached hydrogens (tertiary/aromatic N) is 1. The van der Waals surface area contributed by atoms with Gasteiger partial charge in [0, 0.05) is 30.1 Å². The van der Waals surface area contributed by atoms with Crippen molar-refractivity contribution in [1.82, 2.24) is 5.32 Å². The maximum absolute atomic E-state index is 12.4. The van der Waals surface area contributed by atoms with Crippen LogP contribution in [0.1, 0.15) is 28.8 Å². The highest BCUT2D eigenvalue weighted by Gasteiger charge is 2.24. The molecule has 1 heterocycles. The van der Waals surface area contributed by atoms with Crippen LogP contribution in [0.25, 0.3) is 0 Å². The van der Waals surface area contributed by atoms with Gasteiger partial charge in [0.25, 0.3) is 5.91 Å². The summed E-state index contributed by atoms with van der Waals surface area (Å²) in [4.78, 5) is 25.9. The minimum Gasteiger partial charge on any atom is -0.348 e. The number of anilines is 1. The van der Waals surface area contributed by atoms with E-state index < -0.39 is 0 Å². The molecule has 1 N–H and O–H groups in total. The number of hydrogen-bond donors (Lipinski definition) is 1. The summed E-state index contributed by atoms with van der Waals surface area (Å²) in [6.07, 6.45) is 1.32. The SMILES string of the molecule is O=C(NCc1cccc(Cl)c1)c1ccc(Cl)c(N2CCCC2=O)c1. The number of benzene rings is 2. The Morgan fingerprint density at radius 3 is 2.71 bits per heavy atom. The lowest BCUT2D eigenvalue weighted by atomic mass is 10.1. The van der Waals surface area contributed by atoms with E-state index in [9.17, 15) is 9.59 Å². The van der Waals surface area contributed by atoms with Gasteiger partial charge in [0.15, 0.2) is 0 Å². The van der Waals surface area contributed by atoms with Crippen molar-refractivity contribution in [2.24, 2.45) is 0 Å². The van der Waals surface area contributed by atoms with Crippen LogP contribution in [0.2, 0.25) is 10.0 Å². The molecular formula is C18H16Cl2N2O2. The Labute approximate surface area is 150 Å². The molecule has 0 saturated carbocycles. The summed E-state index contributed by atoms with van der Waals surface area (Å²) in [5, 5.41) is 3.94. The third-order valence-electron chi connectivity index (χ3n) is 3.91. The van der Waals surface area contributed by atoms with Gasteiger partial charge in [-0.15, -0.1) is 0 Å². The van der Waals surface area contributed by atoms with Gasteiger partial charge in [0.1, 0.15) is 0 Å². The molecule has 3 rings (SSSR count). The zero-order valence-electron chi connectivity index (χ0n) is 12.9. The zero-order chi connectivity index (χ0) is 17.1. The van der Waals surface area contributed by atoms with Gasteiger partial charge in [0.2, 0.25) is 5.91 Å². The highest BCUT2D eigenvalue weighted by atomic mass is 35.5. The van der Waals surface area contributed by atoms with Crippen molar-refractivity contribution < 1.29 is 9.59 Å². The van der Waals surface area contributed by atoms with E-state index >= 15 is 0 Å². The van der Waals surface area contributed by atoms with E-state index in [2.05, 4.69) is 5.32 Å². The molecule has 1 aliphatic heterocycles. The lowest BCUT2D eigenvalue weighted by molar-refractivity contribution is -0.117. The third kappa shape index (κ3) is 3.71. The molecular weight excluding hydrogens is 347 g/mol. The van der Waals surface area contributed by atoms with Crippen molar-refractivity contribution in [2.45, 2.75) is 19.4 Å². The van der Waals surface area contributed by atoms with Gasteiger partial charge < -0.3 is 10.2 Å². The smallest absolute Gasteiger partial charge is 0.251 e. The van der Waals surface area contributed by atoms with Gasteiger partial charge in [-0.25, -0.2) is 0 Å². The maximum atomic E-state index is 12.4. The Bertz CT molecular complexity index is 792. The second kappa shape index (κ2) is 7.24. The van der Waals surface area contributed by atoms with Crippen LogP contribution in [0.3, 0.4) is 0 Å². The average molecular weight is 363 g/mol. The molecule has 0 bridgehead atoms. The summed E-state index contributed by atoms with van der Waals surface area (Å²) in [7, 11) is 0. The third-order valence-corrected chi connectivity index (χ3v) is 4.47. The number of amides is 2. The molecule has 2 amide bonds. The van der Waals surface area contributed by atoms with Crippen LogP contribution in [0, 0.1) is 0 Å². The fourth-order valence-electron chi connectivity index (χ4n) is 2.69. The van der Waals surface area contributed by atoms with Crippen molar-refractivity contribution >= 4 is 40.7 Å². The first kappa shape index (κ1) is 16.8. The van der Waals surface area contributed by atoms with E-state index in [0.717, 1.165) is 12.0 Å². The van der Waals surface area contributed by atoms with E-state index in [-0.39, 0.29) is 11.8 Å². The molecule has 0 unspecified atom stereocenters. The van der Waals surface area contributed by atoms with Gasteiger partial charge >= 0.3 is 0 Å². The number of halogens is 2. The molecule has 124 valence electrons. The quantitative estimate of drug-likeness (QED) is 0.891. The standard InChI is InChI=1S/C18H16Cl2N2O2/c19-14-4-1-3-12(9-14)11-21-18(24)13-6-7-15(20)16(10-13)22-8-2-5-17(22)23/h1,3-4,6-7,9-10H,2,5,8,11H2,(H,21,24). The molecule has 2 aromatic rings. The molecule has 24 heavy (non-hydrogen) atoms. The van der Waals surface area contributed by atoms with Crippen molar-refractivity contribution in [1.29, 1.82) is 0 Å². The molecule has 6 heteroatoms. The first-order valence-electron chi connectivity index (χ1n) is 7.67. The summed E-state index contributed by atoms with van der Waals surface area (Å²) in [5.74, 6) is -0.187. The van der Waals surface area contributed by atoms with Crippen molar-refractivity contribution in [2.75, 3.05) is 11.4 Å². The summed E-state index contributed by atoms with van der Waals surface area (Å²) in [6, 6.07) is 12.3. The normalized spacial score (nSPS) is 14.1. The predicted molar refractivity (Wildman–Crippen MR) is 95.7 cm³/mol. The van der Waals surface area contributed by atoms with Crippen LogP contribution < -0.4 is 10.2 Å². The summed E-state index contributed by atoms with van der Waals surface area (Å²) < 4.78 is 0. The lowest BCUT2D eigenvalue weighted by Crippen LogP contribution is -2.26. The monoisotopic (exact) mass is 362 g/mol. The molecule has 0 aromatic heterocycles. The largest absolute Gasteiger partial charge is 0.348 e. The Balaban J connectivity index is 1.74. The second-order valence-corrected chi connectivity index (χ2v) is 6.47. The van der Waals surface area contributed by atoms with Crippen molar-refractivity contribution in [3.05, 3.63) is 63.6 Å². The number of hydrogen-bond acceptors (Lipinski definition) is 2. The topological polar surface area (TPSA) is 49.4 Å². The molecule has 1 fully saturated rings. The van der Waals surface area contributed by atoms with Crippen molar-refractivity contribution in [3.63, 3.8) is 0 Å². The first-order chi connectivity index (χ1) is 11.5. The van der Waals surface area contributed by atoms with E-state index in [1.807, 2.05) is 12.1 Å². The van der Waals surface area contributed by atoms with Crippen LogP contribution in [-0.4, -0.2) is 18.4 Å². The van der Waals surface area contributed by atoms with Gasteiger partial charge in [-0.05, 0) is 42.3 Å². The molecule has 4 nitrogen and oxygen atoms in total. The second-order valence-electron chi connectivity index (χ2n) is 5.63. The molecule has 1 aliphatic rings. The molecule has 0 aliphatic carbocycles. The Morgan fingerprint density at radius 1 is 1.17 bits per heavy atom. The molecule has 1 saturated heterocycles. The van der Waals surface area contributed by atoms with E-state index in [4.69, 9.17) is 23.2 Å². The van der Waals surface area contributed by atoms with E-state index in [1.165, 1.54) is 0 Å². The van der Waals surface area contributed by atoms with Crippen LogP contribution in [0.15, 0.2) is 42.5 Å². The molecule has 0 atom stereocenters. The number of rotatable bonds is 4. The van der Waals surface area contributed by atoms with Crippen LogP contribution in [0.5, 0.6) is 0 Å². The Hall–Kier alpha value is -2.04. The summed E-state index contributed by atoms with van der Waals surface area (Å²) in [5.41, 5.74) is 1.98. The van der Waals surface area contributed by atoms with Gasteiger partial charge in [-0.1, -0.05) is 35.3 Å². The molecule has 0 radical (unpaired) electrons. The Morgan fingerprint density at radius 2 is 2.00 bits per heavy atom. The lowest BCUT2D eigenvalue weighted by Gasteiger charge is -2.18. The Kier molecular flexibility index (Phi) is 5.07. The summed E-state index contributed by atoms with van der Waals surface area (Å²) in [6.45, 7) is 1.01. The maximum Gasteiger partial charge on any atom is 0.251 e. The first-order valence-corrected chi connectivity index (χ1v) is 8.43. The fraction of sp³-hybridized carbons (Fsp3) is 0.222. The molecule has 2 aromatic carbocycles. The van der Waals surface area contributed by atoms with Gasteiger partial charge in [-0.3, -0.25) is 9.59 Å². The fourth-order valence-corrected chi connectivity index (χ4v) is 3.13. The highest BCUT2D eigenvalue weighted by Crippen LogP contribution is 2.30. The van der Waals surface area contributed by atoms with Crippen LogP contribution in [-0.2, 0) is 11.3 Å². The van der Waals surface area contributed by atoms with Crippen molar-refractivity contribution in [3.8, 4) is 0 Å². The average Bonchev–Trinajstić information content (AvgIpc) is 2.99. The number of carbonyl (C=O) groups excluding carboxylic acids is 2. The van der Waals surface area contributed by atoms with Gasteiger partial charge in [0.05, 0.1) is 10.7 Å². The van der Waals surface area contributed by atoms with E-state index in [0.29, 0.717) is 40.8 Å². The van der Waals surface area contributed by atoms with E-state index in [1.54, 1.807) is 35.2 Å².